The van der Waals surface area contributed by atoms with Gasteiger partial charge in [-0.15, -0.1) is 0 Å². The molecule has 0 radical (unpaired) electrons. The molecule has 13 heavy (non-hydrogen) atoms. The predicted octanol–water partition coefficient (Wildman–Crippen LogP) is 2.79. The molecule has 0 atom stereocenters. The van der Waals surface area contributed by atoms with Gasteiger partial charge in [-0.2, -0.15) is 0 Å². The van der Waals surface area contributed by atoms with E-state index in [1.165, 1.54) is 0 Å². The van der Waals surface area contributed by atoms with E-state index in [1.807, 2.05) is 12.3 Å². The van der Waals surface area contributed by atoms with Crippen molar-refractivity contribution < 1.29 is 0 Å². The van der Waals surface area contributed by atoms with Crippen molar-refractivity contribution in [3.05, 3.63) is 33.2 Å². The Kier molecular flexibility index (Phi) is 4.73. The molecule has 0 aliphatic heterocycles. The second-order valence-electron chi connectivity index (χ2n) is 2.77. The summed E-state index contributed by atoms with van der Waals surface area (Å²) in [6.07, 6.45) is 3.95. The smallest absolute Gasteiger partial charge is 0.251 e. The van der Waals surface area contributed by atoms with Crippen molar-refractivity contribution >= 4 is 31.9 Å². The molecule has 1 aromatic rings. The quantitative estimate of drug-likeness (QED) is 0.619. The highest BCUT2D eigenvalue weighted by atomic mass is 79.9. The zero-order valence-electron chi connectivity index (χ0n) is 7.17. The predicted molar refractivity (Wildman–Crippen MR) is 61.4 cm³/mol. The molecule has 1 rings (SSSR count). The Hall–Kier alpha value is -0.0900. The summed E-state index contributed by atoms with van der Waals surface area (Å²) < 4.78 is 2.57. The SMILES string of the molecule is O=c1cc(Br)ccn1CCCCBr. The first-order valence-corrected chi connectivity index (χ1v) is 6.07. The summed E-state index contributed by atoms with van der Waals surface area (Å²) in [5, 5.41) is 0.998. The lowest BCUT2D eigenvalue weighted by molar-refractivity contribution is 0.616. The van der Waals surface area contributed by atoms with Gasteiger partial charge in [-0.05, 0) is 18.9 Å². The maximum Gasteiger partial charge on any atom is 0.251 e. The number of hydrogen-bond acceptors (Lipinski definition) is 1. The summed E-state index contributed by atoms with van der Waals surface area (Å²) >= 11 is 6.62. The summed E-state index contributed by atoms with van der Waals surface area (Å²) in [7, 11) is 0. The van der Waals surface area contributed by atoms with E-state index in [-0.39, 0.29) is 5.56 Å². The maximum absolute atomic E-state index is 11.4. The Morgan fingerprint density at radius 3 is 2.77 bits per heavy atom. The van der Waals surface area contributed by atoms with Crippen molar-refractivity contribution in [3.63, 3.8) is 0 Å². The van der Waals surface area contributed by atoms with Gasteiger partial charge in [0.05, 0.1) is 0 Å². The summed E-state index contributed by atoms with van der Waals surface area (Å²) in [4.78, 5) is 11.4. The van der Waals surface area contributed by atoms with Gasteiger partial charge in [0.25, 0.3) is 5.56 Å². The molecule has 0 saturated heterocycles. The van der Waals surface area contributed by atoms with E-state index in [9.17, 15) is 4.79 Å². The zero-order valence-corrected chi connectivity index (χ0v) is 10.3. The molecule has 0 N–H and O–H groups in total. The van der Waals surface area contributed by atoms with Crippen LogP contribution in [0.2, 0.25) is 0 Å². The Balaban J connectivity index is 2.62. The molecule has 2 nitrogen and oxygen atoms in total. The minimum Gasteiger partial charge on any atom is -0.315 e. The molecule has 0 saturated carbocycles. The Morgan fingerprint density at radius 2 is 2.15 bits per heavy atom. The lowest BCUT2D eigenvalue weighted by Gasteiger charge is -2.03. The average Bonchev–Trinajstić information content (AvgIpc) is 2.09. The number of hydrogen-bond donors (Lipinski definition) is 0. The fourth-order valence-corrected chi connectivity index (χ4v) is 1.76. The van der Waals surface area contributed by atoms with Crippen molar-refractivity contribution in [1.82, 2.24) is 4.57 Å². The van der Waals surface area contributed by atoms with Gasteiger partial charge in [0.15, 0.2) is 0 Å². The van der Waals surface area contributed by atoms with E-state index in [4.69, 9.17) is 0 Å². The summed E-state index contributed by atoms with van der Waals surface area (Å²) in [5.74, 6) is 0. The maximum atomic E-state index is 11.4. The van der Waals surface area contributed by atoms with Gasteiger partial charge in [-0.25, -0.2) is 0 Å². The number of aromatic nitrogens is 1. The minimum absolute atomic E-state index is 0.0592. The Morgan fingerprint density at radius 1 is 1.38 bits per heavy atom. The molecule has 0 aromatic carbocycles. The standard InChI is InChI=1S/C9H11Br2NO/c10-4-1-2-5-12-6-3-8(11)7-9(12)13/h3,6-7H,1-2,4-5H2. The molecule has 0 bridgehead atoms. The normalized spacial score (nSPS) is 10.3. The van der Waals surface area contributed by atoms with Crippen LogP contribution in [0.1, 0.15) is 12.8 Å². The summed E-state index contributed by atoms with van der Waals surface area (Å²) in [5.41, 5.74) is 0.0592. The number of pyridine rings is 1. The van der Waals surface area contributed by atoms with Crippen LogP contribution in [0.15, 0.2) is 27.6 Å². The van der Waals surface area contributed by atoms with Crippen LogP contribution in [0.5, 0.6) is 0 Å². The summed E-state index contributed by atoms with van der Waals surface area (Å²) in [6.45, 7) is 0.803. The van der Waals surface area contributed by atoms with E-state index in [0.717, 1.165) is 29.2 Å². The molecule has 0 aliphatic rings. The van der Waals surface area contributed by atoms with Crippen LogP contribution in [0.3, 0.4) is 0 Å². The molecule has 1 heterocycles. The molecule has 1 aromatic heterocycles. The van der Waals surface area contributed by atoms with Gasteiger partial charge in [0.2, 0.25) is 0 Å². The minimum atomic E-state index is 0.0592. The van der Waals surface area contributed by atoms with E-state index < -0.39 is 0 Å². The van der Waals surface area contributed by atoms with E-state index in [1.54, 1.807) is 10.6 Å². The van der Waals surface area contributed by atoms with Crippen molar-refractivity contribution in [2.24, 2.45) is 0 Å². The second-order valence-corrected chi connectivity index (χ2v) is 4.48. The van der Waals surface area contributed by atoms with Crippen molar-refractivity contribution in [3.8, 4) is 0 Å². The van der Waals surface area contributed by atoms with E-state index in [0.29, 0.717) is 0 Å². The van der Waals surface area contributed by atoms with Gasteiger partial charge in [0, 0.05) is 28.6 Å². The molecule has 0 aliphatic carbocycles. The first kappa shape index (κ1) is 11.0. The van der Waals surface area contributed by atoms with Crippen LogP contribution in [0.25, 0.3) is 0 Å². The lowest BCUT2D eigenvalue weighted by Crippen LogP contribution is -2.18. The Bertz CT molecular complexity index is 322. The van der Waals surface area contributed by atoms with Gasteiger partial charge >= 0.3 is 0 Å². The first-order valence-electron chi connectivity index (χ1n) is 4.16. The number of aryl methyl sites for hydroxylation is 1. The second kappa shape index (κ2) is 5.60. The first-order chi connectivity index (χ1) is 6.24. The topological polar surface area (TPSA) is 22.0 Å². The van der Waals surface area contributed by atoms with Gasteiger partial charge < -0.3 is 4.57 Å². The number of halogens is 2. The van der Waals surface area contributed by atoms with E-state index >= 15 is 0 Å². The molecule has 0 amide bonds. The lowest BCUT2D eigenvalue weighted by atomic mass is 10.3. The van der Waals surface area contributed by atoms with Gasteiger partial charge in [-0.1, -0.05) is 31.9 Å². The molecule has 4 heteroatoms. The monoisotopic (exact) mass is 307 g/mol. The van der Waals surface area contributed by atoms with E-state index in [2.05, 4.69) is 31.9 Å². The molecule has 0 spiro atoms. The van der Waals surface area contributed by atoms with Crippen LogP contribution in [0.4, 0.5) is 0 Å². The van der Waals surface area contributed by atoms with Crippen molar-refractivity contribution in [1.29, 1.82) is 0 Å². The fourth-order valence-electron chi connectivity index (χ4n) is 1.04. The third kappa shape index (κ3) is 3.65. The van der Waals surface area contributed by atoms with Gasteiger partial charge in [0.1, 0.15) is 0 Å². The van der Waals surface area contributed by atoms with Crippen LogP contribution >= 0.6 is 31.9 Å². The van der Waals surface area contributed by atoms with Crippen LogP contribution in [0, 0.1) is 0 Å². The number of unbranched alkanes of at least 4 members (excludes halogenated alkanes) is 1. The highest BCUT2D eigenvalue weighted by Gasteiger charge is 1.95. The molecular formula is C9H11Br2NO. The van der Waals surface area contributed by atoms with Crippen LogP contribution in [-0.4, -0.2) is 9.90 Å². The number of rotatable bonds is 4. The van der Waals surface area contributed by atoms with Crippen molar-refractivity contribution in [2.75, 3.05) is 5.33 Å². The summed E-state index contributed by atoms with van der Waals surface area (Å²) in [6, 6.07) is 3.48. The highest BCUT2D eigenvalue weighted by molar-refractivity contribution is 9.10. The molecular weight excluding hydrogens is 298 g/mol. The fraction of sp³-hybridized carbons (Fsp3) is 0.444. The third-order valence-corrected chi connectivity index (χ3v) is 2.79. The van der Waals surface area contributed by atoms with Gasteiger partial charge in [-0.3, -0.25) is 4.79 Å². The van der Waals surface area contributed by atoms with Crippen molar-refractivity contribution in [2.45, 2.75) is 19.4 Å². The zero-order chi connectivity index (χ0) is 9.68. The number of alkyl halides is 1. The van der Waals surface area contributed by atoms with Crippen LogP contribution < -0.4 is 5.56 Å². The molecule has 72 valence electrons. The highest BCUT2D eigenvalue weighted by Crippen LogP contribution is 2.04. The van der Waals surface area contributed by atoms with Crippen LogP contribution in [-0.2, 0) is 6.54 Å². The molecule has 0 fully saturated rings. The largest absolute Gasteiger partial charge is 0.315 e. The Labute approximate surface area is 94.2 Å². The number of nitrogens with zero attached hydrogens (tertiary/aromatic N) is 1. The molecule has 0 unspecified atom stereocenters. The average molecular weight is 309 g/mol. The third-order valence-electron chi connectivity index (χ3n) is 1.74.